The van der Waals surface area contributed by atoms with E-state index < -0.39 is 0 Å². The highest BCUT2D eigenvalue weighted by Crippen LogP contribution is 2.09. The molecule has 4 nitrogen and oxygen atoms in total. The average Bonchev–Trinajstić information content (AvgIpc) is 2.73. The summed E-state index contributed by atoms with van der Waals surface area (Å²) in [6, 6.07) is 0. The number of carbonyl (C=O) groups is 1. The Morgan fingerprint density at radius 1 is 1.56 bits per heavy atom. The van der Waals surface area contributed by atoms with Gasteiger partial charge in [0, 0.05) is 24.5 Å². The summed E-state index contributed by atoms with van der Waals surface area (Å²) in [7, 11) is 0. The molecule has 1 fully saturated rings. The normalized spacial score (nSPS) is 16.9. The first-order valence-electron chi connectivity index (χ1n) is 5.22. The summed E-state index contributed by atoms with van der Waals surface area (Å²) in [6.45, 7) is 4.58. The lowest BCUT2D eigenvalue weighted by molar-refractivity contribution is -0.129. The van der Waals surface area contributed by atoms with Crippen LogP contribution in [-0.2, 0) is 9.53 Å². The van der Waals surface area contributed by atoms with Gasteiger partial charge in [0.1, 0.15) is 0 Å². The van der Waals surface area contributed by atoms with E-state index in [9.17, 15) is 4.79 Å². The molecule has 1 saturated heterocycles. The van der Waals surface area contributed by atoms with Crippen molar-refractivity contribution in [1.82, 2.24) is 9.88 Å². The summed E-state index contributed by atoms with van der Waals surface area (Å²) in [5, 5.41) is 2.96. The fourth-order valence-corrected chi connectivity index (χ4v) is 2.08. The van der Waals surface area contributed by atoms with E-state index in [1.165, 1.54) is 0 Å². The largest absolute Gasteiger partial charge is 0.378 e. The molecule has 1 aliphatic heterocycles. The molecule has 1 amide bonds. The van der Waals surface area contributed by atoms with Gasteiger partial charge in [0.05, 0.1) is 23.9 Å². The number of nitrogens with zero attached hydrogens (tertiary/aromatic N) is 2. The monoisotopic (exact) mass is 238 g/mol. The fraction of sp³-hybridized carbons (Fsp3) is 0.455. The van der Waals surface area contributed by atoms with Crippen molar-refractivity contribution in [2.24, 2.45) is 0 Å². The van der Waals surface area contributed by atoms with Crippen molar-refractivity contribution in [2.75, 3.05) is 26.3 Å². The number of morpholine rings is 1. The predicted octanol–water partition coefficient (Wildman–Crippen LogP) is 1.32. The van der Waals surface area contributed by atoms with E-state index >= 15 is 0 Å². The Hall–Kier alpha value is -1.20. The molecular formula is C11H14N2O2S. The molecule has 0 spiro atoms. The summed E-state index contributed by atoms with van der Waals surface area (Å²) in [6.07, 6.45) is 3.35. The number of aromatic nitrogens is 1. The number of amides is 1. The fourth-order valence-electron chi connectivity index (χ4n) is 1.50. The number of aryl methyl sites for hydroxylation is 1. The Labute approximate surface area is 98.6 Å². The highest BCUT2D eigenvalue weighted by Gasteiger charge is 2.13. The SMILES string of the molecule is Cc1nc(/C=C\C(=O)N2CCOCC2)cs1. The molecular weight excluding hydrogens is 224 g/mol. The second kappa shape index (κ2) is 5.23. The van der Waals surface area contributed by atoms with Gasteiger partial charge in [-0.3, -0.25) is 4.79 Å². The molecule has 2 rings (SSSR count). The smallest absolute Gasteiger partial charge is 0.246 e. The summed E-state index contributed by atoms with van der Waals surface area (Å²) in [5.74, 6) is 0.0361. The Morgan fingerprint density at radius 2 is 2.31 bits per heavy atom. The molecule has 0 bridgehead atoms. The van der Waals surface area contributed by atoms with Crippen molar-refractivity contribution in [3.05, 3.63) is 22.2 Å². The van der Waals surface area contributed by atoms with E-state index in [-0.39, 0.29) is 5.91 Å². The number of thiazole rings is 1. The molecule has 0 unspecified atom stereocenters. The topological polar surface area (TPSA) is 42.4 Å². The van der Waals surface area contributed by atoms with Gasteiger partial charge in [-0.25, -0.2) is 4.98 Å². The van der Waals surface area contributed by atoms with Gasteiger partial charge in [-0.15, -0.1) is 11.3 Å². The van der Waals surface area contributed by atoms with E-state index in [1.807, 2.05) is 12.3 Å². The molecule has 0 radical (unpaired) electrons. The summed E-state index contributed by atoms with van der Waals surface area (Å²) < 4.78 is 5.19. The van der Waals surface area contributed by atoms with Crippen molar-refractivity contribution in [3.63, 3.8) is 0 Å². The lowest BCUT2D eigenvalue weighted by Gasteiger charge is -2.25. The lowest BCUT2D eigenvalue weighted by Crippen LogP contribution is -2.39. The number of hydrogen-bond donors (Lipinski definition) is 0. The Balaban J connectivity index is 1.93. The van der Waals surface area contributed by atoms with Gasteiger partial charge in [0.2, 0.25) is 5.91 Å². The highest BCUT2D eigenvalue weighted by molar-refractivity contribution is 7.09. The predicted molar refractivity (Wildman–Crippen MR) is 63.3 cm³/mol. The van der Waals surface area contributed by atoms with Gasteiger partial charge < -0.3 is 9.64 Å². The zero-order valence-corrected chi connectivity index (χ0v) is 10.00. The Bertz CT molecular complexity index is 394. The Morgan fingerprint density at radius 3 is 2.94 bits per heavy atom. The van der Waals surface area contributed by atoms with Crippen molar-refractivity contribution in [2.45, 2.75) is 6.92 Å². The van der Waals surface area contributed by atoms with Gasteiger partial charge in [-0.05, 0) is 13.0 Å². The van der Waals surface area contributed by atoms with E-state index in [4.69, 9.17) is 4.74 Å². The maximum absolute atomic E-state index is 11.7. The molecule has 0 atom stereocenters. The molecule has 2 heterocycles. The van der Waals surface area contributed by atoms with E-state index in [0.29, 0.717) is 26.3 Å². The van der Waals surface area contributed by atoms with Crippen molar-refractivity contribution in [1.29, 1.82) is 0 Å². The zero-order chi connectivity index (χ0) is 11.4. The van der Waals surface area contributed by atoms with Gasteiger partial charge in [0.15, 0.2) is 0 Å². The second-order valence-corrected chi connectivity index (χ2v) is 4.62. The molecule has 5 heteroatoms. The van der Waals surface area contributed by atoms with Crippen LogP contribution in [-0.4, -0.2) is 42.1 Å². The van der Waals surface area contributed by atoms with Gasteiger partial charge in [-0.2, -0.15) is 0 Å². The molecule has 0 aromatic carbocycles. The third-order valence-electron chi connectivity index (χ3n) is 2.36. The zero-order valence-electron chi connectivity index (χ0n) is 9.18. The number of ether oxygens (including phenoxy) is 1. The molecule has 16 heavy (non-hydrogen) atoms. The van der Waals surface area contributed by atoms with Crippen LogP contribution in [0, 0.1) is 6.92 Å². The van der Waals surface area contributed by atoms with Crippen LogP contribution in [0.25, 0.3) is 6.08 Å². The molecule has 0 aliphatic carbocycles. The van der Waals surface area contributed by atoms with Gasteiger partial charge >= 0.3 is 0 Å². The van der Waals surface area contributed by atoms with Gasteiger partial charge in [-0.1, -0.05) is 0 Å². The first kappa shape index (κ1) is 11.3. The van der Waals surface area contributed by atoms with E-state index in [1.54, 1.807) is 28.4 Å². The highest BCUT2D eigenvalue weighted by atomic mass is 32.1. The van der Waals surface area contributed by atoms with Crippen LogP contribution in [0.2, 0.25) is 0 Å². The number of hydrogen-bond acceptors (Lipinski definition) is 4. The quantitative estimate of drug-likeness (QED) is 0.730. The van der Waals surface area contributed by atoms with E-state index in [0.717, 1.165) is 10.7 Å². The third-order valence-corrected chi connectivity index (χ3v) is 3.15. The van der Waals surface area contributed by atoms with Crippen molar-refractivity contribution in [3.8, 4) is 0 Å². The van der Waals surface area contributed by atoms with Crippen LogP contribution in [0.5, 0.6) is 0 Å². The minimum atomic E-state index is 0.0361. The minimum Gasteiger partial charge on any atom is -0.378 e. The van der Waals surface area contributed by atoms with Crippen LogP contribution in [0.3, 0.4) is 0 Å². The number of rotatable bonds is 2. The first-order chi connectivity index (χ1) is 7.75. The Kier molecular flexibility index (Phi) is 3.69. The molecule has 1 aromatic heterocycles. The maximum atomic E-state index is 11.7. The van der Waals surface area contributed by atoms with Crippen LogP contribution in [0.1, 0.15) is 10.7 Å². The standard InChI is InChI=1S/C11H14N2O2S/c1-9-12-10(8-16-9)2-3-11(14)13-4-6-15-7-5-13/h2-3,8H,4-7H2,1H3/b3-2-. The number of carbonyl (C=O) groups excluding carboxylic acids is 1. The first-order valence-corrected chi connectivity index (χ1v) is 6.10. The maximum Gasteiger partial charge on any atom is 0.246 e. The molecule has 0 saturated carbocycles. The van der Waals surface area contributed by atoms with Gasteiger partial charge in [0.25, 0.3) is 0 Å². The minimum absolute atomic E-state index is 0.0361. The molecule has 86 valence electrons. The third kappa shape index (κ3) is 2.90. The summed E-state index contributed by atoms with van der Waals surface area (Å²) in [5.41, 5.74) is 0.851. The van der Waals surface area contributed by atoms with E-state index in [2.05, 4.69) is 4.98 Å². The summed E-state index contributed by atoms with van der Waals surface area (Å²) >= 11 is 1.58. The average molecular weight is 238 g/mol. The lowest BCUT2D eigenvalue weighted by atomic mass is 10.3. The van der Waals surface area contributed by atoms with Crippen LogP contribution >= 0.6 is 11.3 Å². The molecule has 1 aromatic rings. The molecule has 0 N–H and O–H groups in total. The van der Waals surface area contributed by atoms with Crippen LogP contribution in [0.15, 0.2) is 11.5 Å². The van der Waals surface area contributed by atoms with Crippen LogP contribution < -0.4 is 0 Å². The second-order valence-electron chi connectivity index (χ2n) is 3.56. The van der Waals surface area contributed by atoms with Crippen molar-refractivity contribution < 1.29 is 9.53 Å². The summed E-state index contributed by atoms with van der Waals surface area (Å²) in [4.78, 5) is 17.8. The van der Waals surface area contributed by atoms with Crippen molar-refractivity contribution >= 4 is 23.3 Å². The molecule has 1 aliphatic rings. The van der Waals surface area contributed by atoms with Crippen LogP contribution in [0.4, 0.5) is 0 Å².